The number of nitrogens with two attached hydrogens (primary N) is 2. The van der Waals surface area contributed by atoms with Crippen molar-refractivity contribution in [2.75, 3.05) is 17.0 Å². The van der Waals surface area contributed by atoms with Crippen LogP contribution in [0.4, 0.5) is 10.8 Å². The minimum absolute atomic E-state index is 0.0294. The summed E-state index contributed by atoms with van der Waals surface area (Å²) in [5.74, 6) is 1.04. The maximum absolute atomic E-state index is 12.5. The number of aliphatic imine (C=N–C) groups is 1. The molecule has 168 valence electrons. The van der Waals surface area contributed by atoms with Gasteiger partial charge in [-0.15, -0.1) is 11.3 Å². The molecule has 9 nitrogen and oxygen atoms in total. The standard InChI is InChI=1S/C20H22N6O3S3/c21-19(22)25-20-24-16(13-31-20)12-30-10-9-23-18(27)14-5-4-6-15(11-14)26-32(28,29)17-7-2-1-3-8-17/h1-8,11,13,26H,9-10,12H2,(H,23,27)(H4,21,22,24,25). The summed E-state index contributed by atoms with van der Waals surface area (Å²) < 4.78 is 27.4. The predicted molar refractivity (Wildman–Crippen MR) is 130 cm³/mol. The molecule has 3 rings (SSSR count). The van der Waals surface area contributed by atoms with Crippen molar-refractivity contribution in [3.63, 3.8) is 0 Å². The van der Waals surface area contributed by atoms with E-state index in [1.165, 1.54) is 29.5 Å². The molecule has 0 atom stereocenters. The van der Waals surface area contributed by atoms with Crippen molar-refractivity contribution in [3.05, 3.63) is 71.2 Å². The van der Waals surface area contributed by atoms with E-state index in [1.807, 2.05) is 5.38 Å². The summed E-state index contributed by atoms with van der Waals surface area (Å²) in [5.41, 5.74) is 12.2. The first-order chi connectivity index (χ1) is 15.3. The van der Waals surface area contributed by atoms with Gasteiger partial charge < -0.3 is 16.8 Å². The summed E-state index contributed by atoms with van der Waals surface area (Å²) in [7, 11) is -3.72. The number of carbonyl (C=O) groups excluding carboxylic acids is 1. The highest BCUT2D eigenvalue weighted by molar-refractivity contribution is 7.98. The third kappa shape index (κ3) is 6.97. The van der Waals surface area contributed by atoms with Crippen molar-refractivity contribution in [1.82, 2.24) is 10.3 Å². The minimum Gasteiger partial charge on any atom is -0.370 e. The number of aromatic nitrogens is 1. The van der Waals surface area contributed by atoms with Crippen molar-refractivity contribution in [3.8, 4) is 0 Å². The Morgan fingerprint density at radius 2 is 1.91 bits per heavy atom. The van der Waals surface area contributed by atoms with E-state index in [-0.39, 0.29) is 16.8 Å². The predicted octanol–water partition coefficient (Wildman–Crippen LogP) is 2.51. The van der Waals surface area contributed by atoms with Crippen molar-refractivity contribution >= 4 is 55.8 Å². The average molecular weight is 491 g/mol. The lowest BCUT2D eigenvalue weighted by Crippen LogP contribution is -2.26. The number of hydrogen-bond acceptors (Lipinski definition) is 7. The number of hydrogen-bond donors (Lipinski definition) is 4. The van der Waals surface area contributed by atoms with E-state index in [9.17, 15) is 13.2 Å². The van der Waals surface area contributed by atoms with Crippen LogP contribution in [0, 0.1) is 0 Å². The van der Waals surface area contributed by atoms with E-state index >= 15 is 0 Å². The molecule has 0 spiro atoms. The van der Waals surface area contributed by atoms with Crippen LogP contribution >= 0.6 is 23.1 Å². The quantitative estimate of drug-likeness (QED) is 0.193. The van der Waals surface area contributed by atoms with Gasteiger partial charge in [-0.2, -0.15) is 16.8 Å². The number of sulfonamides is 1. The lowest BCUT2D eigenvalue weighted by atomic mass is 10.2. The van der Waals surface area contributed by atoms with Crippen LogP contribution in [0.3, 0.4) is 0 Å². The summed E-state index contributed by atoms with van der Waals surface area (Å²) >= 11 is 2.97. The number of nitrogens with zero attached hydrogens (tertiary/aromatic N) is 2. The molecule has 3 aromatic rings. The molecule has 1 amide bonds. The van der Waals surface area contributed by atoms with Gasteiger partial charge in [0.1, 0.15) is 0 Å². The number of benzene rings is 2. The number of amides is 1. The molecule has 0 radical (unpaired) electrons. The first-order valence-corrected chi connectivity index (χ1v) is 12.9. The van der Waals surface area contributed by atoms with Crippen molar-refractivity contribution in [2.45, 2.75) is 10.6 Å². The minimum atomic E-state index is -3.72. The molecule has 0 saturated heterocycles. The van der Waals surface area contributed by atoms with Crippen molar-refractivity contribution in [2.24, 2.45) is 16.5 Å². The summed E-state index contributed by atoms with van der Waals surface area (Å²) in [5, 5.41) is 5.22. The number of guanidine groups is 1. The first kappa shape index (κ1) is 23.6. The molecule has 0 saturated carbocycles. The van der Waals surface area contributed by atoms with Crippen LogP contribution in [-0.4, -0.2) is 37.6 Å². The molecule has 2 aromatic carbocycles. The molecule has 12 heteroatoms. The Bertz CT molecular complexity index is 1190. The normalized spacial score (nSPS) is 11.0. The number of thiazole rings is 1. The Morgan fingerprint density at radius 1 is 1.12 bits per heavy atom. The number of thioether (sulfide) groups is 1. The maximum atomic E-state index is 12.5. The highest BCUT2D eigenvalue weighted by atomic mass is 32.2. The van der Waals surface area contributed by atoms with Gasteiger partial charge >= 0.3 is 0 Å². The second-order valence-corrected chi connectivity index (χ2v) is 10.1. The Morgan fingerprint density at radius 3 is 2.66 bits per heavy atom. The summed E-state index contributed by atoms with van der Waals surface area (Å²) in [6.07, 6.45) is 0. The molecule has 0 aliphatic heterocycles. The summed E-state index contributed by atoms with van der Waals surface area (Å²) in [6, 6.07) is 14.4. The average Bonchev–Trinajstić information content (AvgIpc) is 3.20. The van der Waals surface area contributed by atoms with Crippen LogP contribution in [-0.2, 0) is 15.8 Å². The molecule has 1 heterocycles. The summed E-state index contributed by atoms with van der Waals surface area (Å²) in [6.45, 7) is 0.453. The fraction of sp³-hybridized carbons (Fsp3) is 0.150. The lowest BCUT2D eigenvalue weighted by molar-refractivity contribution is 0.0956. The SMILES string of the molecule is NC(N)=Nc1nc(CSCCNC(=O)c2cccc(NS(=O)(=O)c3ccccc3)c2)cs1. The number of anilines is 1. The van der Waals surface area contributed by atoms with Crippen LogP contribution < -0.4 is 21.5 Å². The van der Waals surface area contributed by atoms with Gasteiger partial charge in [0.25, 0.3) is 15.9 Å². The van der Waals surface area contributed by atoms with Gasteiger partial charge in [-0.05, 0) is 30.3 Å². The third-order valence-corrected chi connectivity index (χ3v) is 7.15. The Hall–Kier alpha value is -3.09. The van der Waals surface area contributed by atoms with Gasteiger partial charge in [-0.25, -0.2) is 13.4 Å². The molecule has 0 aliphatic carbocycles. The van der Waals surface area contributed by atoms with E-state index in [4.69, 9.17) is 11.5 Å². The fourth-order valence-electron chi connectivity index (χ4n) is 2.58. The highest BCUT2D eigenvalue weighted by Gasteiger charge is 2.14. The first-order valence-electron chi connectivity index (χ1n) is 9.41. The Kier molecular flexibility index (Phi) is 8.09. The van der Waals surface area contributed by atoms with Crippen molar-refractivity contribution in [1.29, 1.82) is 0 Å². The van der Waals surface area contributed by atoms with Crippen LogP contribution in [0.5, 0.6) is 0 Å². The molecule has 32 heavy (non-hydrogen) atoms. The van der Waals surface area contributed by atoms with E-state index in [0.717, 1.165) is 5.69 Å². The monoisotopic (exact) mass is 490 g/mol. The zero-order chi connectivity index (χ0) is 23.0. The van der Waals surface area contributed by atoms with Crippen LogP contribution in [0.2, 0.25) is 0 Å². The second-order valence-electron chi connectivity index (χ2n) is 6.47. The Labute approximate surface area is 194 Å². The van der Waals surface area contributed by atoms with Crippen molar-refractivity contribution < 1.29 is 13.2 Å². The van der Waals surface area contributed by atoms with Gasteiger partial charge in [0.15, 0.2) is 5.96 Å². The van der Waals surface area contributed by atoms with E-state index in [2.05, 4.69) is 20.0 Å². The van der Waals surface area contributed by atoms with Gasteiger partial charge in [0.05, 0.1) is 10.6 Å². The van der Waals surface area contributed by atoms with E-state index in [1.54, 1.807) is 48.2 Å². The molecular formula is C20H22N6O3S3. The Balaban J connectivity index is 1.47. The zero-order valence-corrected chi connectivity index (χ0v) is 19.3. The largest absolute Gasteiger partial charge is 0.370 e. The molecule has 0 unspecified atom stereocenters. The number of rotatable bonds is 10. The summed E-state index contributed by atoms with van der Waals surface area (Å²) in [4.78, 5) is 20.8. The molecule has 0 fully saturated rings. The smallest absolute Gasteiger partial charge is 0.261 e. The topological polar surface area (TPSA) is 153 Å². The van der Waals surface area contributed by atoms with Crippen LogP contribution in [0.15, 0.2) is 69.9 Å². The van der Waals surface area contributed by atoms with Crippen LogP contribution in [0.25, 0.3) is 0 Å². The van der Waals surface area contributed by atoms with Gasteiger partial charge in [-0.3, -0.25) is 9.52 Å². The number of carbonyl (C=O) groups is 1. The zero-order valence-electron chi connectivity index (χ0n) is 16.9. The second kappa shape index (κ2) is 11.0. The van der Waals surface area contributed by atoms with Crippen LogP contribution in [0.1, 0.15) is 16.1 Å². The third-order valence-electron chi connectivity index (χ3n) is 3.98. The fourth-order valence-corrected chi connectivity index (χ4v) is 5.21. The molecular weight excluding hydrogens is 468 g/mol. The molecule has 6 N–H and O–H groups in total. The van der Waals surface area contributed by atoms with Gasteiger partial charge in [0.2, 0.25) is 5.13 Å². The van der Waals surface area contributed by atoms with E-state index in [0.29, 0.717) is 34.4 Å². The lowest BCUT2D eigenvalue weighted by Gasteiger charge is -2.10. The molecule has 0 aliphatic rings. The molecule has 1 aromatic heterocycles. The number of nitrogens with one attached hydrogen (secondary N) is 2. The highest BCUT2D eigenvalue weighted by Crippen LogP contribution is 2.21. The van der Waals surface area contributed by atoms with E-state index < -0.39 is 10.0 Å². The van der Waals surface area contributed by atoms with Gasteiger partial charge in [-0.1, -0.05) is 24.3 Å². The van der Waals surface area contributed by atoms with Gasteiger partial charge in [0, 0.05) is 34.7 Å². The molecule has 0 bridgehead atoms. The maximum Gasteiger partial charge on any atom is 0.261 e.